The maximum Gasteiger partial charge on any atom is 0.0840 e. The molecule has 1 aromatic rings. The van der Waals surface area contributed by atoms with Crippen LogP contribution >= 0.6 is 0 Å². The van der Waals surface area contributed by atoms with Crippen LogP contribution in [0.4, 0.5) is 0 Å². The molecule has 0 spiro atoms. The van der Waals surface area contributed by atoms with E-state index in [4.69, 9.17) is 5.73 Å². The number of hydrogen-bond donors (Lipinski definition) is 2. The van der Waals surface area contributed by atoms with Gasteiger partial charge in [-0.05, 0) is 30.9 Å². The van der Waals surface area contributed by atoms with Crippen molar-refractivity contribution < 1.29 is 5.11 Å². The normalized spacial score (nSPS) is 22.0. The quantitative estimate of drug-likeness (QED) is 0.689. The maximum atomic E-state index is 9.96. The zero-order chi connectivity index (χ0) is 9.31. The van der Waals surface area contributed by atoms with E-state index in [9.17, 15) is 5.11 Å². The molecule has 1 aliphatic rings. The molecule has 1 saturated carbocycles. The van der Waals surface area contributed by atoms with E-state index in [0.29, 0.717) is 0 Å². The van der Waals surface area contributed by atoms with Crippen LogP contribution in [0.25, 0.3) is 0 Å². The Morgan fingerprint density at radius 2 is 2.23 bits per heavy atom. The predicted molar refractivity (Wildman–Crippen MR) is 47.8 cm³/mol. The number of hydrogen-bond acceptors (Lipinski definition) is 4. The first-order chi connectivity index (χ1) is 6.22. The lowest BCUT2D eigenvalue weighted by Gasteiger charge is -2.41. The van der Waals surface area contributed by atoms with Crippen LogP contribution in [0.3, 0.4) is 0 Å². The highest BCUT2D eigenvalue weighted by Gasteiger charge is 2.41. The second kappa shape index (κ2) is 3.05. The SMILES string of the molecule is NC(c1ccnnc1)C1(O)CCC1. The highest BCUT2D eigenvalue weighted by molar-refractivity contribution is 5.17. The lowest BCUT2D eigenvalue weighted by Crippen LogP contribution is -2.46. The minimum atomic E-state index is -0.705. The molecule has 1 unspecified atom stereocenters. The predicted octanol–water partition coefficient (Wildman–Crippen LogP) is 0.391. The minimum Gasteiger partial charge on any atom is -0.388 e. The van der Waals surface area contributed by atoms with Gasteiger partial charge in [-0.3, -0.25) is 0 Å². The van der Waals surface area contributed by atoms with Crippen molar-refractivity contribution in [3.05, 3.63) is 24.0 Å². The van der Waals surface area contributed by atoms with Gasteiger partial charge in [-0.25, -0.2) is 0 Å². The second-order valence-corrected chi connectivity index (χ2v) is 3.61. The Bertz CT molecular complexity index is 284. The van der Waals surface area contributed by atoms with Gasteiger partial charge in [-0.1, -0.05) is 0 Å². The third kappa shape index (κ3) is 1.43. The topological polar surface area (TPSA) is 72.0 Å². The smallest absolute Gasteiger partial charge is 0.0840 e. The fraction of sp³-hybridized carbons (Fsp3) is 0.556. The Morgan fingerprint density at radius 3 is 2.69 bits per heavy atom. The Balaban J connectivity index is 2.17. The zero-order valence-electron chi connectivity index (χ0n) is 7.35. The summed E-state index contributed by atoms with van der Waals surface area (Å²) in [4.78, 5) is 0. The van der Waals surface area contributed by atoms with Crippen LogP contribution in [0.1, 0.15) is 30.9 Å². The van der Waals surface area contributed by atoms with Crippen molar-refractivity contribution in [2.24, 2.45) is 5.73 Å². The van der Waals surface area contributed by atoms with Crippen molar-refractivity contribution in [1.29, 1.82) is 0 Å². The summed E-state index contributed by atoms with van der Waals surface area (Å²) in [7, 11) is 0. The first-order valence-corrected chi connectivity index (χ1v) is 4.47. The summed E-state index contributed by atoms with van der Waals surface area (Å²) >= 11 is 0. The average Bonchev–Trinajstić information content (AvgIpc) is 2.14. The van der Waals surface area contributed by atoms with E-state index in [0.717, 1.165) is 24.8 Å². The molecular weight excluding hydrogens is 166 g/mol. The summed E-state index contributed by atoms with van der Waals surface area (Å²) in [6, 6.07) is 1.48. The van der Waals surface area contributed by atoms with Crippen LogP contribution in [-0.2, 0) is 0 Å². The van der Waals surface area contributed by atoms with Crippen molar-refractivity contribution in [2.45, 2.75) is 30.9 Å². The van der Waals surface area contributed by atoms with Crippen molar-refractivity contribution in [2.75, 3.05) is 0 Å². The summed E-state index contributed by atoms with van der Waals surface area (Å²) < 4.78 is 0. The molecule has 70 valence electrons. The van der Waals surface area contributed by atoms with Gasteiger partial charge in [0.2, 0.25) is 0 Å². The Labute approximate surface area is 76.8 Å². The van der Waals surface area contributed by atoms with Gasteiger partial charge in [0, 0.05) is 6.20 Å². The largest absolute Gasteiger partial charge is 0.388 e. The van der Waals surface area contributed by atoms with E-state index < -0.39 is 5.60 Å². The van der Waals surface area contributed by atoms with Crippen LogP contribution in [0.15, 0.2) is 18.5 Å². The number of nitrogens with two attached hydrogens (primary N) is 1. The summed E-state index contributed by atoms with van der Waals surface area (Å²) in [5.74, 6) is 0. The lowest BCUT2D eigenvalue weighted by molar-refractivity contribution is -0.0560. The van der Waals surface area contributed by atoms with Gasteiger partial charge < -0.3 is 10.8 Å². The van der Waals surface area contributed by atoms with Gasteiger partial charge in [-0.15, -0.1) is 0 Å². The molecule has 0 aliphatic heterocycles. The number of nitrogens with zero attached hydrogens (tertiary/aromatic N) is 2. The number of aromatic nitrogens is 2. The van der Waals surface area contributed by atoms with Gasteiger partial charge in [0.25, 0.3) is 0 Å². The van der Waals surface area contributed by atoms with Crippen molar-refractivity contribution in [3.63, 3.8) is 0 Å². The maximum absolute atomic E-state index is 9.96. The van der Waals surface area contributed by atoms with Gasteiger partial charge in [-0.2, -0.15) is 10.2 Å². The Kier molecular flexibility index (Phi) is 2.01. The molecule has 0 aromatic carbocycles. The molecule has 1 aliphatic carbocycles. The fourth-order valence-electron chi connectivity index (χ4n) is 1.65. The molecule has 4 heteroatoms. The lowest BCUT2D eigenvalue weighted by atomic mass is 9.73. The molecule has 13 heavy (non-hydrogen) atoms. The highest BCUT2D eigenvalue weighted by Crippen LogP contribution is 2.40. The molecule has 2 rings (SSSR count). The Morgan fingerprint density at radius 1 is 1.46 bits per heavy atom. The highest BCUT2D eigenvalue weighted by atomic mass is 16.3. The van der Waals surface area contributed by atoms with E-state index in [1.807, 2.05) is 0 Å². The number of aliphatic hydroxyl groups is 1. The van der Waals surface area contributed by atoms with Gasteiger partial charge in [0.05, 0.1) is 17.8 Å². The molecule has 0 radical (unpaired) electrons. The third-order valence-electron chi connectivity index (χ3n) is 2.76. The molecule has 1 fully saturated rings. The molecular formula is C9H13N3O. The van der Waals surface area contributed by atoms with Gasteiger partial charge >= 0.3 is 0 Å². The van der Waals surface area contributed by atoms with E-state index in [1.54, 1.807) is 18.5 Å². The van der Waals surface area contributed by atoms with Crippen LogP contribution < -0.4 is 5.73 Å². The number of rotatable bonds is 2. The van der Waals surface area contributed by atoms with Crippen LogP contribution in [-0.4, -0.2) is 20.9 Å². The van der Waals surface area contributed by atoms with Gasteiger partial charge in [0.1, 0.15) is 0 Å². The molecule has 0 bridgehead atoms. The van der Waals surface area contributed by atoms with Crippen LogP contribution in [0, 0.1) is 0 Å². The molecule has 4 nitrogen and oxygen atoms in total. The monoisotopic (exact) mass is 179 g/mol. The summed E-state index contributed by atoms with van der Waals surface area (Å²) in [6.45, 7) is 0. The minimum absolute atomic E-state index is 0.322. The summed E-state index contributed by atoms with van der Waals surface area (Å²) in [6.07, 6.45) is 5.84. The molecule has 1 heterocycles. The van der Waals surface area contributed by atoms with Crippen LogP contribution in [0.5, 0.6) is 0 Å². The molecule has 3 N–H and O–H groups in total. The third-order valence-corrected chi connectivity index (χ3v) is 2.76. The van der Waals surface area contributed by atoms with E-state index in [1.165, 1.54) is 0 Å². The summed E-state index contributed by atoms with van der Waals surface area (Å²) in [5.41, 5.74) is 6.07. The molecule has 1 atom stereocenters. The summed E-state index contributed by atoms with van der Waals surface area (Å²) in [5, 5.41) is 17.4. The standard InChI is InChI=1S/C9H13N3O/c10-8(9(13)3-1-4-9)7-2-5-11-12-6-7/h2,5-6,8,13H,1,3-4,10H2. The molecule has 1 aromatic heterocycles. The van der Waals surface area contributed by atoms with E-state index in [2.05, 4.69) is 10.2 Å². The fourth-order valence-corrected chi connectivity index (χ4v) is 1.65. The van der Waals surface area contributed by atoms with Crippen LogP contribution in [0.2, 0.25) is 0 Å². The van der Waals surface area contributed by atoms with Crippen molar-refractivity contribution in [1.82, 2.24) is 10.2 Å². The van der Waals surface area contributed by atoms with E-state index >= 15 is 0 Å². The first-order valence-electron chi connectivity index (χ1n) is 4.47. The zero-order valence-corrected chi connectivity index (χ0v) is 7.35. The first kappa shape index (κ1) is 8.59. The van der Waals surface area contributed by atoms with Gasteiger partial charge in [0.15, 0.2) is 0 Å². The van der Waals surface area contributed by atoms with E-state index in [-0.39, 0.29) is 6.04 Å². The molecule has 0 saturated heterocycles. The molecule has 0 amide bonds. The average molecular weight is 179 g/mol. The Hall–Kier alpha value is -1.00. The van der Waals surface area contributed by atoms with Crippen molar-refractivity contribution in [3.8, 4) is 0 Å². The van der Waals surface area contributed by atoms with Crippen molar-refractivity contribution >= 4 is 0 Å². The second-order valence-electron chi connectivity index (χ2n) is 3.61.